The van der Waals surface area contributed by atoms with Crippen molar-refractivity contribution in [2.24, 2.45) is 23.7 Å². The van der Waals surface area contributed by atoms with Gasteiger partial charge in [0.1, 0.15) is 0 Å². The minimum atomic E-state index is -1.53. The summed E-state index contributed by atoms with van der Waals surface area (Å²) >= 11 is 0. The van der Waals surface area contributed by atoms with Crippen molar-refractivity contribution in [2.45, 2.75) is 102 Å². The van der Waals surface area contributed by atoms with Crippen molar-refractivity contribution in [3.8, 4) is 0 Å². The Bertz CT molecular complexity index is 507. The topological polar surface area (TPSA) is 18.5 Å². The Kier molecular flexibility index (Phi) is 10.3. The first-order valence-electron chi connectivity index (χ1n) is 12.5. The fourth-order valence-corrected chi connectivity index (χ4v) is 5.90. The van der Waals surface area contributed by atoms with Gasteiger partial charge in [-0.25, -0.2) is 0 Å². The monoisotopic (exact) mass is 424 g/mol. The lowest BCUT2D eigenvalue weighted by molar-refractivity contribution is -0.0418. The van der Waals surface area contributed by atoms with Gasteiger partial charge in [-0.1, -0.05) is 18.9 Å². The highest BCUT2D eigenvalue weighted by atomic mass is 19.3. The van der Waals surface area contributed by atoms with Crippen molar-refractivity contribution < 1.29 is 18.3 Å². The summed E-state index contributed by atoms with van der Waals surface area (Å²) in [6.07, 6.45) is 18.6. The number of allylic oxidation sites excluding steroid dienone is 2. The van der Waals surface area contributed by atoms with Gasteiger partial charge in [-0.15, -0.1) is 6.58 Å². The Balaban J connectivity index is 1.21. The molecule has 0 N–H and O–H groups in total. The van der Waals surface area contributed by atoms with Crippen LogP contribution in [0.25, 0.3) is 0 Å². The van der Waals surface area contributed by atoms with Gasteiger partial charge in [0.05, 0.1) is 18.8 Å². The molecule has 4 heteroatoms. The van der Waals surface area contributed by atoms with E-state index in [2.05, 4.69) is 6.58 Å². The van der Waals surface area contributed by atoms with E-state index >= 15 is 0 Å². The maximum atomic E-state index is 12.3. The van der Waals surface area contributed by atoms with E-state index in [1.807, 2.05) is 6.08 Å². The normalized spacial score (nSPS) is 35.0. The molecule has 172 valence electrons. The zero-order chi connectivity index (χ0) is 21.2. The van der Waals surface area contributed by atoms with Gasteiger partial charge in [0, 0.05) is 6.61 Å². The molecule has 3 rings (SSSR count). The molecule has 1 heterocycles. The zero-order valence-corrected chi connectivity index (χ0v) is 18.7. The van der Waals surface area contributed by atoms with Crippen LogP contribution in [-0.2, 0) is 9.47 Å². The third-order valence-corrected chi connectivity index (χ3v) is 7.85. The summed E-state index contributed by atoms with van der Waals surface area (Å²) in [7, 11) is 0. The van der Waals surface area contributed by atoms with E-state index in [4.69, 9.17) is 9.47 Å². The van der Waals surface area contributed by atoms with Crippen molar-refractivity contribution in [2.75, 3.05) is 13.2 Å². The van der Waals surface area contributed by atoms with Crippen LogP contribution in [0.1, 0.15) is 89.9 Å². The average molecular weight is 425 g/mol. The molecule has 0 bridgehead atoms. The van der Waals surface area contributed by atoms with E-state index in [0.29, 0.717) is 6.10 Å². The van der Waals surface area contributed by atoms with Crippen LogP contribution >= 0.6 is 0 Å². The Morgan fingerprint density at radius 2 is 1.63 bits per heavy atom. The maximum Gasteiger partial charge on any atom is 0.266 e. The third kappa shape index (κ3) is 8.07. The first-order valence-corrected chi connectivity index (χ1v) is 12.5. The highest BCUT2D eigenvalue weighted by molar-refractivity contribution is 4.91. The lowest BCUT2D eigenvalue weighted by atomic mass is 9.73. The van der Waals surface area contributed by atoms with Crippen molar-refractivity contribution >= 4 is 0 Å². The molecule has 0 aromatic heterocycles. The number of hydrogen-bond acceptors (Lipinski definition) is 2. The standard InChI is InChI=1S/C26H42F2O2/c1-2-3-6-24-16-13-23(19-30-24)22-11-7-20(8-12-22)5-4-17-29-25-14-9-21(10-15-25)18-26(27)28/h2,18,20-25H,1,3-17,19H2. The predicted octanol–water partition coefficient (Wildman–Crippen LogP) is 7.69. The second-order valence-electron chi connectivity index (χ2n) is 9.95. The van der Waals surface area contributed by atoms with Crippen molar-refractivity contribution in [3.05, 3.63) is 24.8 Å². The molecular formula is C26H42F2O2. The van der Waals surface area contributed by atoms with Gasteiger partial charge in [-0.05, 0) is 107 Å². The van der Waals surface area contributed by atoms with Crippen LogP contribution in [0, 0.1) is 23.7 Å². The predicted molar refractivity (Wildman–Crippen MR) is 119 cm³/mol. The van der Waals surface area contributed by atoms with E-state index in [1.165, 1.54) is 44.9 Å². The molecule has 0 aromatic carbocycles. The van der Waals surface area contributed by atoms with Crippen molar-refractivity contribution in [1.29, 1.82) is 0 Å². The Hall–Kier alpha value is -0.740. The summed E-state index contributed by atoms with van der Waals surface area (Å²) in [6, 6.07) is 0. The summed E-state index contributed by atoms with van der Waals surface area (Å²) in [5.74, 6) is 2.57. The molecule has 30 heavy (non-hydrogen) atoms. The molecule has 2 atom stereocenters. The molecule has 0 spiro atoms. The minimum Gasteiger partial charge on any atom is -0.378 e. The Morgan fingerprint density at radius 1 is 0.900 bits per heavy atom. The molecule has 2 unspecified atom stereocenters. The van der Waals surface area contributed by atoms with Gasteiger partial charge in [0.2, 0.25) is 0 Å². The molecule has 2 nitrogen and oxygen atoms in total. The molecule has 2 saturated carbocycles. The van der Waals surface area contributed by atoms with Crippen LogP contribution in [0.3, 0.4) is 0 Å². The SMILES string of the molecule is C=CCCC1CCC(C2CCC(CCCOC3CCC(C=C(F)F)CC3)CC2)CO1. The molecule has 2 aliphatic carbocycles. The number of hydrogen-bond donors (Lipinski definition) is 0. The molecule has 0 radical (unpaired) electrons. The lowest BCUT2D eigenvalue weighted by Gasteiger charge is -2.38. The van der Waals surface area contributed by atoms with Crippen LogP contribution in [-0.4, -0.2) is 25.4 Å². The van der Waals surface area contributed by atoms with Gasteiger partial charge in [0.15, 0.2) is 0 Å². The third-order valence-electron chi connectivity index (χ3n) is 7.85. The lowest BCUT2D eigenvalue weighted by Crippen LogP contribution is -2.32. The van der Waals surface area contributed by atoms with Gasteiger partial charge in [0.25, 0.3) is 6.08 Å². The minimum absolute atomic E-state index is 0.0534. The zero-order valence-electron chi connectivity index (χ0n) is 18.7. The van der Waals surface area contributed by atoms with Crippen LogP contribution in [0.4, 0.5) is 8.78 Å². The van der Waals surface area contributed by atoms with Crippen LogP contribution in [0.2, 0.25) is 0 Å². The molecule has 1 saturated heterocycles. The summed E-state index contributed by atoms with van der Waals surface area (Å²) in [6.45, 7) is 5.63. The van der Waals surface area contributed by atoms with E-state index in [-0.39, 0.29) is 12.0 Å². The first kappa shape index (κ1) is 23.9. The maximum absolute atomic E-state index is 12.3. The molecule has 0 aromatic rings. The number of halogens is 2. The highest BCUT2D eigenvalue weighted by Gasteiger charge is 2.31. The molecule has 0 amide bonds. The van der Waals surface area contributed by atoms with Crippen LogP contribution < -0.4 is 0 Å². The van der Waals surface area contributed by atoms with Crippen LogP contribution in [0.5, 0.6) is 0 Å². The van der Waals surface area contributed by atoms with Gasteiger partial charge >= 0.3 is 0 Å². The summed E-state index contributed by atoms with van der Waals surface area (Å²) in [4.78, 5) is 0. The smallest absolute Gasteiger partial charge is 0.266 e. The summed E-state index contributed by atoms with van der Waals surface area (Å²) in [5, 5.41) is 0. The largest absolute Gasteiger partial charge is 0.378 e. The average Bonchev–Trinajstić information content (AvgIpc) is 2.77. The number of rotatable bonds is 10. The molecule has 3 fully saturated rings. The molecular weight excluding hydrogens is 382 g/mol. The fraction of sp³-hybridized carbons (Fsp3) is 0.846. The molecule has 3 aliphatic rings. The van der Waals surface area contributed by atoms with Gasteiger partial charge < -0.3 is 9.47 Å². The van der Waals surface area contributed by atoms with E-state index in [0.717, 1.165) is 82.0 Å². The highest BCUT2D eigenvalue weighted by Crippen LogP contribution is 2.39. The second kappa shape index (κ2) is 13.0. The summed E-state index contributed by atoms with van der Waals surface area (Å²) < 4.78 is 36.9. The van der Waals surface area contributed by atoms with E-state index in [1.54, 1.807) is 0 Å². The fourth-order valence-electron chi connectivity index (χ4n) is 5.90. The first-order chi connectivity index (χ1) is 14.6. The van der Waals surface area contributed by atoms with Gasteiger partial charge in [-0.3, -0.25) is 0 Å². The van der Waals surface area contributed by atoms with Crippen molar-refractivity contribution in [3.63, 3.8) is 0 Å². The van der Waals surface area contributed by atoms with Crippen LogP contribution in [0.15, 0.2) is 24.8 Å². The summed E-state index contributed by atoms with van der Waals surface area (Å²) in [5.41, 5.74) is 0. The van der Waals surface area contributed by atoms with E-state index in [9.17, 15) is 8.78 Å². The second-order valence-corrected chi connectivity index (χ2v) is 9.95. The Morgan fingerprint density at radius 3 is 2.27 bits per heavy atom. The Labute approximate surface area is 182 Å². The van der Waals surface area contributed by atoms with Crippen molar-refractivity contribution in [1.82, 2.24) is 0 Å². The quantitative estimate of drug-likeness (QED) is 0.264. The molecule has 1 aliphatic heterocycles. The van der Waals surface area contributed by atoms with E-state index < -0.39 is 6.08 Å². The van der Waals surface area contributed by atoms with Gasteiger partial charge in [-0.2, -0.15) is 8.78 Å². The number of ether oxygens (including phenoxy) is 2.